The van der Waals surface area contributed by atoms with E-state index in [1.807, 2.05) is 80.6 Å². The van der Waals surface area contributed by atoms with E-state index in [4.69, 9.17) is 0 Å². The second kappa shape index (κ2) is 7.94. The molecule has 25 heavy (non-hydrogen) atoms. The number of hydrogen-bond acceptors (Lipinski definition) is 4. The van der Waals surface area contributed by atoms with Gasteiger partial charge in [-0.05, 0) is 44.2 Å². The second-order valence-electron chi connectivity index (χ2n) is 5.62. The maximum Gasteiger partial charge on any atom is 0.242 e. The van der Waals surface area contributed by atoms with Gasteiger partial charge in [-0.15, -0.1) is 0 Å². The lowest BCUT2D eigenvalue weighted by Crippen LogP contribution is -2.27. The molecular weight excluding hydrogens is 330 g/mol. The van der Waals surface area contributed by atoms with E-state index >= 15 is 0 Å². The first-order valence-electron chi connectivity index (χ1n) is 8.01. The Morgan fingerprint density at radius 2 is 1.36 bits per heavy atom. The van der Waals surface area contributed by atoms with Gasteiger partial charge < -0.3 is 0 Å². The van der Waals surface area contributed by atoms with Crippen molar-refractivity contribution >= 4 is 29.0 Å². The van der Waals surface area contributed by atoms with Crippen LogP contribution in [0.2, 0.25) is 0 Å². The normalized spacial score (nSPS) is 10.5. The Bertz CT molecular complexity index is 794. The first kappa shape index (κ1) is 17.2. The first-order chi connectivity index (χ1) is 12.1. The van der Waals surface area contributed by atoms with Gasteiger partial charge in [-0.3, -0.25) is 9.69 Å². The predicted octanol–water partition coefficient (Wildman–Crippen LogP) is 4.55. The van der Waals surface area contributed by atoms with Crippen molar-refractivity contribution in [3.05, 3.63) is 78.1 Å². The third kappa shape index (κ3) is 4.45. The number of aromatic nitrogens is 2. The second-order valence-corrected chi connectivity index (χ2v) is 6.56. The minimum atomic E-state index is -0.00911. The molecule has 0 radical (unpaired) electrons. The number of carbonyl (C=O) groups is 1. The average molecular weight is 349 g/mol. The molecule has 126 valence electrons. The van der Waals surface area contributed by atoms with Crippen LogP contribution in [0.25, 0.3) is 0 Å². The maximum absolute atomic E-state index is 12.9. The van der Waals surface area contributed by atoms with Crippen LogP contribution in [-0.4, -0.2) is 21.6 Å². The number of anilines is 2. The highest BCUT2D eigenvalue weighted by atomic mass is 32.2. The molecule has 0 N–H and O–H groups in total. The quantitative estimate of drug-likeness (QED) is 0.501. The summed E-state index contributed by atoms with van der Waals surface area (Å²) in [6.07, 6.45) is 0. The molecule has 2 aromatic carbocycles. The van der Waals surface area contributed by atoms with Gasteiger partial charge in [0.25, 0.3) is 0 Å². The number of amides is 1. The molecule has 1 aromatic heterocycles. The lowest BCUT2D eigenvalue weighted by Gasteiger charge is -2.22. The Balaban J connectivity index is 1.82. The molecule has 3 aromatic rings. The van der Waals surface area contributed by atoms with Crippen molar-refractivity contribution in [3.63, 3.8) is 0 Å². The van der Waals surface area contributed by atoms with Crippen molar-refractivity contribution in [2.45, 2.75) is 19.0 Å². The first-order valence-corrected chi connectivity index (χ1v) is 9.00. The Labute approximate surface area is 151 Å². The van der Waals surface area contributed by atoms with Crippen molar-refractivity contribution in [1.29, 1.82) is 0 Å². The number of nitrogens with zero attached hydrogens (tertiary/aromatic N) is 3. The van der Waals surface area contributed by atoms with Gasteiger partial charge in [0.15, 0.2) is 5.16 Å². The third-order valence-electron chi connectivity index (χ3n) is 3.56. The summed E-state index contributed by atoms with van der Waals surface area (Å²) >= 11 is 1.36. The largest absolute Gasteiger partial charge is 0.280 e. The number of benzene rings is 2. The molecule has 0 aliphatic rings. The van der Waals surface area contributed by atoms with Crippen LogP contribution in [0.4, 0.5) is 11.4 Å². The summed E-state index contributed by atoms with van der Waals surface area (Å²) in [6.45, 7) is 3.86. The fraction of sp³-hybridized carbons (Fsp3) is 0.150. The molecule has 1 amide bonds. The van der Waals surface area contributed by atoms with E-state index in [0.29, 0.717) is 5.16 Å². The van der Waals surface area contributed by atoms with Gasteiger partial charge in [-0.2, -0.15) is 0 Å². The van der Waals surface area contributed by atoms with Crippen LogP contribution in [-0.2, 0) is 4.79 Å². The Morgan fingerprint density at radius 1 is 0.880 bits per heavy atom. The molecule has 0 atom stereocenters. The van der Waals surface area contributed by atoms with Crippen LogP contribution in [0.3, 0.4) is 0 Å². The van der Waals surface area contributed by atoms with E-state index in [1.54, 1.807) is 4.90 Å². The topological polar surface area (TPSA) is 46.1 Å². The van der Waals surface area contributed by atoms with E-state index in [2.05, 4.69) is 9.97 Å². The summed E-state index contributed by atoms with van der Waals surface area (Å²) in [7, 11) is 0. The Morgan fingerprint density at radius 3 is 1.84 bits per heavy atom. The fourth-order valence-electron chi connectivity index (χ4n) is 2.54. The standard InChI is InChI=1S/C20H19N3OS/c1-15-13-16(2)22-20(21-15)25-14-19(24)23(17-9-5-3-6-10-17)18-11-7-4-8-12-18/h3-13H,14H2,1-2H3. The maximum atomic E-state index is 12.9. The van der Waals surface area contributed by atoms with E-state index in [-0.39, 0.29) is 11.7 Å². The molecule has 0 aliphatic carbocycles. The van der Waals surface area contributed by atoms with Crippen LogP contribution >= 0.6 is 11.8 Å². The monoisotopic (exact) mass is 349 g/mol. The highest BCUT2D eigenvalue weighted by Gasteiger charge is 2.18. The van der Waals surface area contributed by atoms with Gasteiger partial charge in [-0.1, -0.05) is 48.2 Å². The molecule has 0 saturated heterocycles. The van der Waals surface area contributed by atoms with Crippen LogP contribution in [0.1, 0.15) is 11.4 Å². The molecule has 0 spiro atoms. The van der Waals surface area contributed by atoms with E-state index in [1.165, 1.54) is 11.8 Å². The van der Waals surface area contributed by atoms with Crippen LogP contribution < -0.4 is 4.90 Å². The van der Waals surface area contributed by atoms with Crippen LogP contribution in [0.15, 0.2) is 71.9 Å². The fourth-order valence-corrected chi connectivity index (χ4v) is 3.34. The summed E-state index contributed by atoms with van der Waals surface area (Å²) in [5.41, 5.74) is 3.51. The van der Waals surface area contributed by atoms with E-state index in [0.717, 1.165) is 22.8 Å². The Hall–Kier alpha value is -2.66. The highest BCUT2D eigenvalue weighted by Crippen LogP contribution is 2.26. The average Bonchev–Trinajstić information content (AvgIpc) is 2.61. The molecule has 0 unspecified atom stereocenters. The lowest BCUT2D eigenvalue weighted by molar-refractivity contribution is -0.115. The van der Waals surface area contributed by atoms with Gasteiger partial charge in [0.05, 0.1) is 5.75 Å². The number of para-hydroxylation sites is 2. The van der Waals surface area contributed by atoms with Crippen molar-refractivity contribution in [3.8, 4) is 0 Å². The summed E-state index contributed by atoms with van der Waals surface area (Å²) in [5, 5.41) is 0.631. The molecule has 3 rings (SSSR count). The number of rotatable bonds is 5. The zero-order valence-electron chi connectivity index (χ0n) is 14.2. The van der Waals surface area contributed by atoms with Crippen LogP contribution in [0, 0.1) is 13.8 Å². The smallest absolute Gasteiger partial charge is 0.242 e. The van der Waals surface area contributed by atoms with Crippen molar-refractivity contribution in [2.24, 2.45) is 0 Å². The molecular formula is C20H19N3OS. The molecule has 5 heteroatoms. The van der Waals surface area contributed by atoms with E-state index < -0.39 is 0 Å². The lowest BCUT2D eigenvalue weighted by atomic mass is 10.2. The van der Waals surface area contributed by atoms with Gasteiger partial charge in [0.2, 0.25) is 5.91 Å². The van der Waals surface area contributed by atoms with Crippen molar-refractivity contribution in [2.75, 3.05) is 10.7 Å². The minimum Gasteiger partial charge on any atom is -0.280 e. The van der Waals surface area contributed by atoms with Gasteiger partial charge in [-0.25, -0.2) is 9.97 Å². The zero-order valence-corrected chi connectivity index (χ0v) is 15.0. The summed E-state index contributed by atoms with van der Waals surface area (Å²) < 4.78 is 0. The minimum absolute atomic E-state index is 0.00911. The predicted molar refractivity (Wildman–Crippen MR) is 102 cm³/mol. The molecule has 0 fully saturated rings. The third-order valence-corrected chi connectivity index (χ3v) is 4.40. The molecule has 4 nitrogen and oxygen atoms in total. The number of thioether (sulfide) groups is 1. The number of aryl methyl sites for hydroxylation is 2. The van der Waals surface area contributed by atoms with Crippen molar-refractivity contribution < 1.29 is 4.79 Å². The summed E-state index contributed by atoms with van der Waals surface area (Å²) in [6, 6.07) is 21.3. The van der Waals surface area contributed by atoms with Crippen molar-refractivity contribution in [1.82, 2.24) is 9.97 Å². The van der Waals surface area contributed by atoms with Gasteiger partial charge in [0, 0.05) is 22.8 Å². The molecule has 0 bridgehead atoms. The number of hydrogen-bond donors (Lipinski definition) is 0. The highest BCUT2D eigenvalue weighted by molar-refractivity contribution is 7.99. The summed E-state index contributed by atoms with van der Waals surface area (Å²) in [4.78, 5) is 23.5. The Kier molecular flexibility index (Phi) is 5.46. The SMILES string of the molecule is Cc1cc(C)nc(SCC(=O)N(c2ccccc2)c2ccccc2)n1. The van der Waals surface area contributed by atoms with E-state index in [9.17, 15) is 4.79 Å². The zero-order chi connectivity index (χ0) is 17.6. The van der Waals surface area contributed by atoms with Gasteiger partial charge in [0.1, 0.15) is 0 Å². The van der Waals surface area contributed by atoms with Gasteiger partial charge >= 0.3 is 0 Å². The molecule has 0 saturated carbocycles. The van der Waals surface area contributed by atoms with Crippen LogP contribution in [0.5, 0.6) is 0 Å². The summed E-state index contributed by atoms with van der Waals surface area (Å²) in [5.74, 6) is 0.261. The number of carbonyl (C=O) groups excluding carboxylic acids is 1. The molecule has 0 aliphatic heterocycles. The molecule has 1 heterocycles.